The van der Waals surface area contributed by atoms with Gasteiger partial charge in [0, 0.05) is 35.2 Å². The van der Waals surface area contributed by atoms with Crippen molar-refractivity contribution in [1.82, 2.24) is 9.88 Å². The van der Waals surface area contributed by atoms with E-state index >= 15 is 0 Å². The van der Waals surface area contributed by atoms with Gasteiger partial charge in [-0.25, -0.2) is 4.98 Å². The number of thiazole rings is 1. The van der Waals surface area contributed by atoms with Gasteiger partial charge in [-0.1, -0.05) is 34.5 Å². The van der Waals surface area contributed by atoms with E-state index in [1.54, 1.807) is 35.9 Å². The number of ether oxygens (including phenoxy) is 1. The maximum absolute atomic E-state index is 13.1. The number of carbonyl (C=O) groups is 1. The average molecular weight is 484 g/mol. The van der Waals surface area contributed by atoms with Crippen LogP contribution in [-0.2, 0) is 4.79 Å². The minimum absolute atomic E-state index is 0.0347. The first kappa shape index (κ1) is 23.2. The number of thioether (sulfide) groups is 1. The van der Waals surface area contributed by atoms with Gasteiger partial charge in [0.05, 0.1) is 16.8 Å². The summed E-state index contributed by atoms with van der Waals surface area (Å²) < 4.78 is 6.24. The number of likely N-dealkylation sites (N-methyl/N-ethyl adjacent to an activating group) is 1. The Labute approximate surface area is 194 Å². The number of amides is 1. The second-order valence-corrected chi connectivity index (χ2v) is 9.81. The van der Waals surface area contributed by atoms with Gasteiger partial charge in [0.2, 0.25) is 5.91 Å². The maximum atomic E-state index is 13.1. The fourth-order valence-corrected chi connectivity index (χ4v) is 5.04. The summed E-state index contributed by atoms with van der Waals surface area (Å²) >= 11 is 15.3. The van der Waals surface area contributed by atoms with Gasteiger partial charge in [0.1, 0.15) is 11.3 Å². The van der Waals surface area contributed by atoms with Crippen LogP contribution in [-0.4, -0.2) is 55.8 Å². The van der Waals surface area contributed by atoms with E-state index in [1.165, 1.54) is 11.3 Å². The van der Waals surface area contributed by atoms with E-state index in [0.29, 0.717) is 45.2 Å². The highest BCUT2D eigenvalue weighted by atomic mass is 35.5. The highest BCUT2D eigenvalue weighted by Gasteiger charge is 2.22. The molecule has 0 bridgehead atoms. The second-order valence-electron chi connectivity index (χ2n) is 6.82. The molecule has 0 fully saturated rings. The van der Waals surface area contributed by atoms with E-state index in [9.17, 15) is 4.79 Å². The Bertz CT molecular complexity index is 1010. The van der Waals surface area contributed by atoms with E-state index in [2.05, 4.69) is 0 Å². The maximum Gasteiger partial charge on any atom is 0.229 e. The number of methoxy groups -OCH3 is 1. The Kier molecular flexibility index (Phi) is 8.25. The number of halogens is 2. The lowest BCUT2D eigenvalue weighted by atomic mass is 10.3. The van der Waals surface area contributed by atoms with Crippen LogP contribution >= 0.6 is 46.3 Å². The molecule has 0 aliphatic carbocycles. The number of benzene rings is 2. The molecule has 0 aliphatic rings. The molecule has 0 radical (unpaired) electrons. The number of carbonyl (C=O) groups excluding carboxylic acids is 1. The van der Waals surface area contributed by atoms with Gasteiger partial charge in [-0.2, -0.15) is 0 Å². The van der Waals surface area contributed by atoms with Crippen LogP contribution < -0.4 is 9.64 Å². The molecule has 0 N–H and O–H groups in total. The lowest BCUT2D eigenvalue weighted by Crippen LogP contribution is -2.36. The smallest absolute Gasteiger partial charge is 0.229 e. The van der Waals surface area contributed by atoms with Crippen molar-refractivity contribution in [3.63, 3.8) is 0 Å². The number of nitrogens with zero attached hydrogens (tertiary/aromatic N) is 3. The lowest BCUT2D eigenvalue weighted by Gasteiger charge is -2.22. The largest absolute Gasteiger partial charge is 0.494 e. The van der Waals surface area contributed by atoms with Crippen molar-refractivity contribution >= 4 is 67.6 Å². The van der Waals surface area contributed by atoms with Gasteiger partial charge in [0.25, 0.3) is 0 Å². The van der Waals surface area contributed by atoms with Crippen LogP contribution in [0.2, 0.25) is 10.0 Å². The molecule has 2 aromatic carbocycles. The van der Waals surface area contributed by atoms with Crippen LogP contribution in [0.25, 0.3) is 10.2 Å². The molecule has 0 saturated carbocycles. The van der Waals surface area contributed by atoms with E-state index in [0.717, 1.165) is 16.1 Å². The van der Waals surface area contributed by atoms with Crippen molar-refractivity contribution in [1.29, 1.82) is 0 Å². The van der Waals surface area contributed by atoms with Crippen LogP contribution in [0.3, 0.4) is 0 Å². The highest BCUT2D eigenvalue weighted by molar-refractivity contribution is 7.99. The third-order valence-corrected chi connectivity index (χ3v) is 7.17. The van der Waals surface area contributed by atoms with Crippen molar-refractivity contribution in [2.24, 2.45) is 0 Å². The summed E-state index contributed by atoms with van der Waals surface area (Å²) in [7, 11) is 5.57. The first-order valence-corrected chi connectivity index (χ1v) is 11.9. The van der Waals surface area contributed by atoms with Crippen LogP contribution in [0, 0.1) is 0 Å². The summed E-state index contributed by atoms with van der Waals surface area (Å²) in [6, 6.07) is 11.2. The normalized spacial score (nSPS) is 11.3. The molecule has 3 rings (SSSR count). The number of aromatic nitrogens is 1. The molecule has 0 unspecified atom stereocenters. The van der Waals surface area contributed by atoms with Crippen LogP contribution in [0.1, 0.15) is 6.42 Å². The third-order valence-electron chi connectivity index (χ3n) is 4.37. The summed E-state index contributed by atoms with van der Waals surface area (Å²) in [6.45, 7) is 1.29. The summed E-state index contributed by atoms with van der Waals surface area (Å²) in [6.07, 6.45) is 0.404. The predicted octanol–water partition coefficient (Wildman–Crippen LogP) is 5.69. The molecule has 1 aromatic heterocycles. The van der Waals surface area contributed by atoms with Gasteiger partial charge in [-0.05, 0) is 50.5 Å². The number of fused-ring (bicyclic) bond motifs is 1. The molecule has 0 saturated heterocycles. The van der Waals surface area contributed by atoms with E-state index in [4.69, 9.17) is 32.9 Å². The summed E-state index contributed by atoms with van der Waals surface area (Å²) in [5.41, 5.74) is 0.684. The van der Waals surface area contributed by atoms with Crippen molar-refractivity contribution in [3.05, 3.63) is 46.4 Å². The number of rotatable bonds is 9. The Morgan fingerprint density at radius 2 is 1.87 bits per heavy atom. The van der Waals surface area contributed by atoms with Gasteiger partial charge in [-0.15, -0.1) is 11.8 Å². The van der Waals surface area contributed by atoms with Crippen molar-refractivity contribution in [2.45, 2.75) is 11.3 Å². The molecule has 1 amide bonds. The zero-order chi connectivity index (χ0) is 21.7. The quantitative estimate of drug-likeness (QED) is 0.365. The minimum atomic E-state index is 0.0347. The Hall–Kier alpha value is -1.51. The molecule has 0 atom stereocenters. The van der Waals surface area contributed by atoms with Crippen LogP contribution in [0.4, 0.5) is 5.13 Å². The van der Waals surface area contributed by atoms with Crippen molar-refractivity contribution in [3.8, 4) is 5.75 Å². The molecule has 1 heterocycles. The fourth-order valence-electron chi connectivity index (χ4n) is 2.77. The monoisotopic (exact) mass is 483 g/mol. The molecule has 5 nitrogen and oxygen atoms in total. The molecule has 160 valence electrons. The van der Waals surface area contributed by atoms with Gasteiger partial charge in [0.15, 0.2) is 5.13 Å². The molecular weight excluding hydrogens is 461 g/mol. The topological polar surface area (TPSA) is 45.7 Å². The van der Waals surface area contributed by atoms with E-state index < -0.39 is 0 Å². The zero-order valence-electron chi connectivity index (χ0n) is 17.0. The van der Waals surface area contributed by atoms with Gasteiger partial charge in [-0.3, -0.25) is 9.69 Å². The lowest BCUT2D eigenvalue weighted by molar-refractivity contribution is -0.118. The van der Waals surface area contributed by atoms with Crippen molar-refractivity contribution in [2.75, 3.05) is 44.9 Å². The molecule has 9 heteroatoms. The predicted molar refractivity (Wildman–Crippen MR) is 129 cm³/mol. The number of hydrogen-bond donors (Lipinski definition) is 0. The van der Waals surface area contributed by atoms with Crippen molar-refractivity contribution < 1.29 is 9.53 Å². The molecule has 3 aromatic rings. The fraction of sp³-hybridized carbons (Fsp3) is 0.333. The highest BCUT2D eigenvalue weighted by Crippen LogP contribution is 2.39. The summed E-state index contributed by atoms with van der Waals surface area (Å²) in [5, 5.41) is 1.95. The van der Waals surface area contributed by atoms with Gasteiger partial charge >= 0.3 is 0 Å². The van der Waals surface area contributed by atoms with E-state index in [1.807, 2.05) is 43.3 Å². The number of anilines is 1. The van der Waals surface area contributed by atoms with Crippen LogP contribution in [0.5, 0.6) is 5.75 Å². The first-order chi connectivity index (χ1) is 14.4. The Morgan fingerprint density at radius 3 is 2.53 bits per heavy atom. The van der Waals surface area contributed by atoms with Crippen LogP contribution in [0.15, 0.2) is 41.3 Å². The van der Waals surface area contributed by atoms with Gasteiger partial charge < -0.3 is 9.64 Å². The standard InChI is InChI=1S/C21H23Cl2N3O2S2/c1-25(2)11-12-26(18(27)10-13-29-15-6-4-14(22)5-7-15)21-24-19-17(28-3)9-8-16(23)20(19)30-21/h4-9H,10-13H2,1-3H3. The second kappa shape index (κ2) is 10.7. The average Bonchev–Trinajstić information content (AvgIpc) is 3.16. The summed E-state index contributed by atoms with van der Waals surface area (Å²) in [4.78, 5) is 22.7. The molecular formula is C21H23Cl2N3O2S2. The molecule has 0 spiro atoms. The SMILES string of the molecule is COc1ccc(Cl)c2sc(N(CCN(C)C)C(=O)CCSc3ccc(Cl)cc3)nc12. The summed E-state index contributed by atoms with van der Waals surface area (Å²) in [5.74, 6) is 1.36. The molecule has 30 heavy (non-hydrogen) atoms. The number of hydrogen-bond acceptors (Lipinski definition) is 6. The zero-order valence-corrected chi connectivity index (χ0v) is 20.2. The minimum Gasteiger partial charge on any atom is -0.494 e. The Balaban J connectivity index is 1.78. The third kappa shape index (κ3) is 5.80. The van der Waals surface area contributed by atoms with E-state index in [-0.39, 0.29) is 5.91 Å². The molecule has 0 aliphatic heterocycles. The Morgan fingerprint density at radius 1 is 1.13 bits per heavy atom. The first-order valence-electron chi connectivity index (χ1n) is 9.35.